The molecule has 1 aromatic rings. The Hall–Kier alpha value is -1.60. The number of methoxy groups -OCH3 is 1. The van der Waals surface area contributed by atoms with Crippen LogP contribution in [0, 0.1) is 0 Å². The van der Waals surface area contributed by atoms with Crippen molar-refractivity contribution in [3.63, 3.8) is 0 Å². The van der Waals surface area contributed by atoms with Crippen LogP contribution in [0.4, 0.5) is 5.69 Å². The van der Waals surface area contributed by atoms with Gasteiger partial charge >= 0.3 is 0 Å². The minimum atomic E-state index is -3.16. The van der Waals surface area contributed by atoms with Crippen molar-refractivity contribution in [2.75, 3.05) is 30.1 Å². The molecule has 2 aliphatic heterocycles. The van der Waals surface area contributed by atoms with Gasteiger partial charge in [-0.25, -0.2) is 8.42 Å². The number of nitrogens with zero attached hydrogens (tertiary/aromatic N) is 2. The number of hydrogen-bond acceptors (Lipinski definition) is 5. The Kier molecular flexibility index (Phi) is 5.16. The molecule has 7 heteroatoms. The topological polar surface area (TPSA) is 66.9 Å². The summed E-state index contributed by atoms with van der Waals surface area (Å²) in [4.78, 5) is 17.1. The zero-order valence-corrected chi connectivity index (χ0v) is 16.7. The summed E-state index contributed by atoms with van der Waals surface area (Å²) in [5, 5.41) is 0. The van der Waals surface area contributed by atoms with Crippen LogP contribution in [0.25, 0.3) is 0 Å². The van der Waals surface area contributed by atoms with Gasteiger partial charge in [0.05, 0.1) is 31.2 Å². The molecule has 1 aliphatic carbocycles. The molecule has 1 saturated carbocycles. The number of carbonyl (C=O) groups excluding carboxylic acids is 1. The third-order valence-electron chi connectivity index (χ3n) is 6.26. The molecule has 0 bridgehead atoms. The molecular weight excluding hydrogens is 364 g/mol. The van der Waals surface area contributed by atoms with Gasteiger partial charge in [-0.15, -0.1) is 0 Å². The fourth-order valence-corrected chi connectivity index (χ4v) is 6.96. The number of benzene rings is 1. The van der Waals surface area contributed by atoms with Crippen molar-refractivity contribution in [2.45, 2.75) is 56.7 Å². The number of amides is 1. The first kappa shape index (κ1) is 18.7. The zero-order valence-electron chi connectivity index (χ0n) is 15.8. The van der Waals surface area contributed by atoms with Crippen LogP contribution in [0.2, 0.25) is 0 Å². The normalized spacial score (nSPS) is 29.4. The van der Waals surface area contributed by atoms with Crippen LogP contribution in [0.5, 0.6) is 5.75 Å². The van der Waals surface area contributed by atoms with Gasteiger partial charge in [0.1, 0.15) is 5.75 Å². The number of piperazine rings is 1. The number of ether oxygens (including phenoxy) is 1. The third-order valence-corrected chi connectivity index (χ3v) is 7.96. The van der Waals surface area contributed by atoms with Crippen LogP contribution in [-0.4, -0.2) is 62.5 Å². The molecule has 4 rings (SSSR count). The van der Waals surface area contributed by atoms with Crippen molar-refractivity contribution in [1.82, 2.24) is 4.90 Å². The van der Waals surface area contributed by atoms with Crippen molar-refractivity contribution in [3.05, 3.63) is 24.3 Å². The van der Waals surface area contributed by atoms with E-state index in [1.165, 1.54) is 25.7 Å². The molecule has 27 heavy (non-hydrogen) atoms. The Morgan fingerprint density at radius 3 is 2.44 bits per heavy atom. The van der Waals surface area contributed by atoms with Crippen molar-refractivity contribution < 1.29 is 17.9 Å². The van der Waals surface area contributed by atoms with E-state index in [1.807, 2.05) is 24.3 Å². The highest BCUT2D eigenvalue weighted by atomic mass is 32.2. The molecule has 1 aromatic carbocycles. The monoisotopic (exact) mass is 392 g/mol. The lowest BCUT2D eigenvalue weighted by Crippen LogP contribution is -2.64. The SMILES string of the molecule is COc1cccc(N2C(=O)CN(C3CCCCCC3)[C@@H]3CS(=O)(=O)C[C@@H]32)c1. The van der Waals surface area contributed by atoms with Gasteiger partial charge in [0.2, 0.25) is 5.91 Å². The molecule has 1 amide bonds. The molecular formula is C20H28N2O4S. The minimum Gasteiger partial charge on any atom is -0.497 e. The van der Waals surface area contributed by atoms with Gasteiger partial charge in [0.25, 0.3) is 0 Å². The number of carbonyl (C=O) groups is 1. The molecule has 2 heterocycles. The van der Waals surface area contributed by atoms with E-state index in [4.69, 9.17) is 4.74 Å². The maximum atomic E-state index is 13.1. The standard InChI is InChI=1S/C20H28N2O4S/c1-26-17-10-6-9-16(11-17)22-19-14-27(24,25)13-18(19)21(12-20(22)23)15-7-4-2-3-5-8-15/h6,9-11,15,18-19H,2-5,7-8,12-14H2,1H3/t18-,19+/m1/s1. The second-order valence-corrected chi connectivity index (χ2v) is 10.1. The first-order valence-corrected chi connectivity index (χ1v) is 11.7. The molecule has 6 nitrogen and oxygen atoms in total. The van der Waals surface area contributed by atoms with E-state index in [2.05, 4.69) is 4.90 Å². The van der Waals surface area contributed by atoms with Crippen LogP contribution < -0.4 is 9.64 Å². The average molecular weight is 393 g/mol. The van der Waals surface area contributed by atoms with Gasteiger partial charge in [-0.05, 0) is 25.0 Å². The highest BCUT2D eigenvalue weighted by Crippen LogP contribution is 2.36. The summed E-state index contributed by atoms with van der Waals surface area (Å²) in [6.07, 6.45) is 6.94. The van der Waals surface area contributed by atoms with E-state index >= 15 is 0 Å². The molecule has 2 saturated heterocycles. The highest BCUT2D eigenvalue weighted by Gasteiger charge is 2.51. The van der Waals surface area contributed by atoms with Crippen LogP contribution in [0.15, 0.2) is 24.3 Å². The van der Waals surface area contributed by atoms with Crippen LogP contribution in [-0.2, 0) is 14.6 Å². The van der Waals surface area contributed by atoms with Crippen LogP contribution in [0.1, 0.15) is 38.5 Å². The molecule has 0 unspecified atom stereocenters. The molecule has 0 radical (unpaired) electrons. The summed E-state index contributed by atoms with van der Waals surface area (Å²) in [6.45, 7) is 0.304. The lowest BCUT2D eigenvalue weighted by molar-refractivity contribution is -0.124. The average Bonchev–Trinajstić information content (AvgIpc) is 2.82. The summed E-state index contributed by atoms with van der Waals surface area (Å²) in [5.74, 6) is 0.862. The molecule has 0 N–H and O–H groups in total. The zero-order chi connectivity index (χ0) is 19.0. The largest absolute Gasteiger partial charge is 0.497 e. The van der Waals surface area contributed by atoms with Crippen molar-refractivity contribution in [2.24, 2.45) is 0 Å². The number of hydrogen-bond donors (Lipinski definition) is 0. The van der Waals surface area contributed by atoms with Crippen LogP contribution in [0.3, 0.4) is 0 Å². The fraction of sp³-hybridized carbons (Fsp3) is 0.650. The Bertz CT molecular complexity index is 802. The van der Waals surface area contributed by atoms with Crippen molar-refractivity contribution in [1.29, 1.82) is 0 Å². The Morgan fingerprint density at radius 2 is 1.74 bits per heavy atom. The van der Waals surface area contributed by atoms with E-state index in [1.54, 1.807) is 12.0 Å². The predicted molar refractivity (Wildman–Crippen MR) is 105 cm³/mol. The molecule has 3 fully saturated rings. The second-order valence-electron chi connectivity index (χ2n) is 7.99. The number of sulfone groups is 1. The Labute approximate surface area is 161 Å². The van der Waals surface area contributed by atoms with E-state index in [0.717, 1.165) is 18.5 Å². The van der Waals surface area contributed by atoms with Crippen molar-refractivity contribution in [3.8, 4) is 5.75 Å². The summed E-state index contributed by atoms with van der Waals surface area (Å²) >= 11 is 0. The predicted octanol–water partition coefficient (Wildman–Crippen LogP) is 2.23. The number of rotatable bonds is 3. The lowest BCUT2D eigenvalue weighted by Gasteiger charge is -2.46. The summed E-state index contributed by atoms with van der Waals surface area (Å²) in [5.41, 5.74) is 0.729. The Balaban J connectivity index is 1.67. The maximum absolute atomic E-state index is 13.1. The lowest BCUT2D eigenvalue weighted by atomic mass is 9.97. The van der Waals surface area contributed by atoms with E-state index in [-0.39, 0.29) is 29.5 Å². The second kappa shape index (κ2) is 7.43. The van der Waals surface area contributed by atoms with Gasteiger partial charge in [-0.1, -0.05) is 31.7 Å². The van der Waals surface area contributed by atoms with Gasteiger partial charge in [0.15, 0.2) is 9.84 Å². The first-order chi connectivity index (χ1) is 13.0. The maximum Gasteiger partial charge on any atom is 0.241 e. The first-order valence-electron chi connectivity index (χ1n) is 9.91. The van der Waals surface area contributed by atoms with E-state index in [0.29, 0.717) is 18.3 Å². The summed E-state index contributed by atoms with van der Waals surface area (Å²) in [7, 11) is -1.57. The van der Waals surface area contributed by atoms with Gasteiger partial charge < -0.3 is 9.64 Å². The fourth-order valence-electron chi connectivity index (χ4n) is 4.99. The molecule has 2 atom stereocenters. The molecule has 0 spiro atoms. The summed E-state index contributed by atoms with van der Waals surface area (Å²) < 4.78 is 30.3. The minimum absolute atomic E-state index is 0.00847. The molecule has 3 aliphatic rings. The summed E-state index contributed by atoms with van der Waals surface area (Å²) in [6, 6.07) is 7.26. The van der Waals surface area contributed by atoms with Crippen LogP contribution >= 0.6 is 0 Å². The number of fused-ring (bicyclic) bond motifs is 1. The smallest absolute Gasteiger partial charge is 0.241 e. The van der Waals surface area contributed by atoms with E-state index in [9.17, 15) is 13.2 Å². The van der Waals surface area contributed by atoms with E-state index < -0.39 is 9.84 Å². The van der Waals surface area contributed by atoms with Gasteiger partial charge in [-0.3, -0.25) is 9.69 Å². The van der Waals surface area contributed by atoms with Gasteiger partial charge in [-0.2, -0.15) is 0 Å². The quantitative estimate of drug-likeness (QED) is 0.738. The highest BCUT2D eigenvalue weighted by molar-refractivity contribution is 7.91. The number of anilines is 1. The Morgan fingerprint density at radius 1 is 1.04 bits per heavy atom. The molecule has 148 valence electrons. The van der Waals surface area contributed by atoms with Crippen molar-refractivity contribution >= 4 is 21.4 Å². The third kappa shape index (κ3) is 3.72. The van der Waals surface area contributed by atoms with Gasteiger partial charge in [0, 0.05) is 23.8 Å². The molecule has 0 aromatic heterocycles.